The first-order chi connectivity index (χ1) is 11.8. The molecule has 1 heteroatoms. The van der Waals surface area contributed by atoms with Crippen LogP contribution in [0.4, 0.5) is 0 Å². The third-order valence-electron chi connectivity index (χ3n) is 4.22. The predicted molar refractivity (Wildman–Crippen MR) is 104 cm³/mol. The molecule has 0 N–H and O–H groups in total. The second-order valence-electron chi connectivity index (χ2n) is 6.05. The van der Waals surface area contributed by atoms with Crippen LogP contribution in [-0.4, -0.2) is 6.61 Å². The first kappa shape index (κ1) is 16.3. The first-order valence-corrected chi connectivity index (χ1v) is 8.67. The molecule has 24 heavy (non-hydrogen) atoms. The van der Waals surface area contributed by atoms with E-state index in [9.17, 15) is 0 Å². The van der Waals surface area contributed by atoms with Crippen molar-refractivity contribution in [1.29, 1.82) is 0 Å². The standard InChI is InChI=1S/C23H24O/c1-3-5-15-24-23-14-13-21-16-20(11-12-22(21)17-23)19-9-7-18(6-4-2)8-10-19/h3,5,7-14,16-17H,4,6,15H2,1-2H3. The monoisotopic (exact) mass is 316 g/mol. The molecule has 0 aromatic heterocycles. The first-order valence-electron chi connectivity index (χ1n) is 8.67. The SMILES string of the molecule is CC=CCOc1ccc2cc(-c3ccc(CCC)cc3)ccc2c1. The molecule has 0 heterocycles. The lowest BCUT2D eigenvalue weighted by molar-refractivity contribution is 0.363. The summed E-state index contributed by atoms with van der Waals surface area (Å²) < 4.78 is 5.72. The number of hydrogen-bond acceptors (Lipinski definition) is 1. The van der Waals surface area contributed by atoms with Gasteiger partial charge in [-0.1, -0.05) is 68.0 Å². The lowest BCUT2D eigenvalue weighted by Gasteiger charge is -2.08. The minimum Gasteiger partial charge on any atom is -0.490 e. The Morgan fingerprint density at radius 3 is 2.29 bits per heavy atom. The van der Waals surface area contributed by atoms with Gasteiger partial charge >= 0.3 is 0 Å². The van der Waals surface area contributed by atoms with Crippen LogP contribution in [0, 0.1) is 0 Å². The molecule has 122 valence electrons. The zero-order chi connectivity index (χ0) is 16.8. The lowest BCUT2D eigenvalue weighted by Crippen LogP contribution is -1.92. The van der Waals surface area contributed by atoms with Crippen LogP contribution in [0.2, 0.25) is 0 Å². The van der Waals surface area contributed by atoms with Gasteiger partial charge in [0.05, 0.1) is 0 Å². The quantitative estimate of drug-likeness (QED) is 0.477. The van der Waals surface area contributed by atoms with E-state index >= 15 is 0 Å². The predicted octanol–water partition coefficient (Wildman–Crippen LogP) is 6.41. The van der Waals surface area contributed by atoms with Gasteiger partial charge < -0.3 is 4.74 Å². The molecule has 0 spiro atoms. The molecule has 0 radical (unpaired) electrons. The summed E-state index contributed by atoms with van der Waals surface area (Å²) in [6.07, 6.45) is 6.34. The molecule has 0 saturated heterocycles. The van der Waals surface area contributed by atoms with E-state index in [-0.39, 0.29) is 0 Å². The van der Waals surface area contributed by atoms with Crippen LogP contribution in [0.15, 0.2) is 72.8 Å². The molecule has 0 atom stereocenters. The van der Waals surface area contributed by atoms with Gasteiger partial charge in [-0.05, 0) is 59.0 Å². The van der Waals surface area contributed by atoms with Gasteiger partial charge in [-0.2, -0.15) is 0 Å². The van der Waals surface area contributed by atoms with E-state index in [2.05, 4.69) is 61.5 Å². The molecule has 0 aliphatic rings. The van der Waals surface area contributed by atoms with Crippen molar-refractivity contribution in [1.82, 2.24) is 0 Å². The highest BCUT2D eigenvalue weighted by Crippen LogP contribution is 2.27. The maximum atomic E-state index is 5.72. The summed E-state index contributed by atoms with van der Waals surface area (Å²) in [7, 11) is 0. The molecular weight excluding hydrogens is 292 g/mol. The largest absolute Gasteiger partial charge is 0.490 e. The fourth-order valence-corrected chi connectivity index (χ4v) is 2.89. The Bertz CT molecular complexity index is 828. The fourth-order valence-electron chi connectivity index (χ4n) is 2.89. The average molecular weight is 316 g/mol. The number of hydrogen-bond donors (Lipinski definition) is 0. The van der Waals surface area contributed by atoms with Crippen molar-refractivity contribution in [2.75, 3.05) is 6.61 Å². The summed E-state index contributed by atoms with van der Waals surface area (Å²) >= 11 is 0. The minimum absolute atomic E-state index is 0.615. The van der Waals surface area contributed by atoms with Crippen molar-refractivity contribution in [3.63, 3.8) is 0 Å². The Balaban J connectivity index is 1.84. The summed E-state index contributed by atoms with van der Waals surface area (Å²) in [5.41, 5.74) is 3.93. The van der Waals surface area contributed by atoms with Crippen LogP contribution in [0.3, 0.4) is 0 Å². The van der Waals surface area contributed by atoms with E-state index in [4.69, 9.17) is 4.74 Å². The molecule has 3 aromatic carbocycles. The van der Waals surface area contributed by atoms with Gasteiger partial charge in [0, 0.05) is 0 Å². The molecule has 0 fully saturated rings. The molecule has 0 unspecified atom stereocenters. The molecule has 3 rings (SSSR count). The van der Waals surface area contributed by atoms with Crippen molar-refractivity contribution in [3.8, 4) is 16.9 Å². The molecule has 0 amide bonds. The Hall–Kier alpha value is -2.54. The number of fused-ring (bicyclic) bond motifs is 1. The molecule has 1 nitrogen and oxygen atoms in total. The van der Waals surface area contributed by atoms with Crippen molar-refractivity contribution in [2.24, 2.45) is 0 Å². The molecule has 3 aromatic rings. The van der Waals surface area contributed by atoms with Gasteiger partial charge in [0.25, 0.3) is 0 Å². The van der Waals surface area contributed by atoms with E-state index in [1.807, 2.05) is 25.1 Å². The Morgan fingerprint density at radius 1 is 0.833 bits per heavy atom. The number of allylic oxidation sites excluding steroid dienone is 1. The third kappa shape index (κ3) is 3.86. The summed E-state index contributed by atoms with van der Waals surface area (Å²) in [5.74, 6) is 0.914. The highest BCUT2D eigenvalue weighted by atomic mass is 16.5. The van der Waals surface area contributed by atoms with Crippen molar-refractivity contribution in [3.05, 3.63) is 78.4 Å². The topological polar surface area (TPSA) is 9.23 Å². The number of benzene rings is 3. The summed E-state index contributed by atoms with van der Waals surface area (Å²) in [5, 5.41) is 2.45. The lowest BCUT2D eigenvalue weighted by atomic mass is 9.99. The van der Waals surface area contributed by atoms with E-state index in [1.165, 1.54) is 33.9 Å². The van der Waals surface area contributed by atoms with Crippen molar-refractivity contribution >= 4 is 10.8 Å². The average Bonchev–Trinajstić information content (AvgIpc) is 2.62. The minimum atomic E-state index is 0.615. The van der Waals surface area contributed by atoms with E-state index in [0.717, 1.165) is 12.2 Å². The number of rotatable bonds is 6. The highest BCUT2D eigenvalue weighted by molar-refractivity contribution is 5.88. The number of ether oxygens (including phenoxy) is 1. The van der Waals surface area contributed by atoms with Gasteiger partial charge in [0.15, 0.2) is 0 Å². The Labute approximate surface area is 144 Å². The van der Waals surface area contributed by atoms with Gasteiger partial charge in [-0.3, -0.25) is 0 Å². The Morgan fingerprint density at radius 2 is 1.54 bits per heavy atom. The molecule has 0 saturated carbocycles. The zero-order valence-electron chi connectivity index (χ0n) is 14.5. The van der Waals surface area contributed by atoms with Crippen LogP contribution >= 0.6 is 0 Å². The normalized spacial score (nSPS) is 11.2. The zero-order valence-corrected chi connectivity index (χ0v) is 14.5. The van der Waals surface area contributed by atoms with Crippen LogP contribution < -0.4 is 4.74 Å². The molecule has 0 aliphatic carbocycles. The van der Waals surface area contributed by atoms with Gasteiger partial charge in [0.1, 0.15) is 12.4 Å². The Kier molecular flexibility index (Phi) is 5.32. The van der Waals surface area contributed by atoms with E-state index in [1.54, 1.807) is 0 Å². The summed E-state index contributed by atoms with van der Waals surface area (Å²) in [6.45, 7) is 4.83. The molecular formula is C23H24O. The number of aryl methyl sites for hydroxylation is 1. The van der Waals surface area contributed by atoms with Gasteiger partial charge in [0.2, 0.25) is 0 Å². The van der Waals surface area contributed by atoms with E-state index in [0.29, 0.717) is 6.61 Å². The van der Waals surface area contributed by atoms with Crippen LogP contribution in [0.5, 0.6) is 5.75 Å². The summed E-state index contributed by atoms with van der Waals surface area (Å²) in [4.78, 5) is 0. The van der Waals surface area contributed by atoms with Gasteiger partial charge in [-0.25, -0.2) is 0 Å². The van der Waals surface area contributed by atoms with Gasteiger partial charge in [-0.15, -0.1) is 0 Å². The van der Waals surface area contributed by atoms with Crippen molar-refractivity contribution in [2.45, 2.75) is 26.7 Å². The molecule has 0 bridgehead atoms. The van der Waals surface area contributed by atoms with E-state index < -0.39 is 0 Å². The van der Waals surface area contributed by atoms with Crippen molar-refractivity contribution < 1.29 is 4.74 Å². The second kappa shape index (κ2) is 7.83. The van der Waals surface area contributed by atoms with Crippen LogP contribution in [0.1, 0.15) is 25.8 Å². The van der Waals surface area contributed by atoms with Crippen LogP contribution in [0.25, 0.3) is 21.9 Å². The summed E-state index contributed by atoms with van der Waals surface area (Å²) in [6, 6.07) is 21.8. The maximum absolute atomic E-state index is 5.72. The fraction of sp³-hybridized carbons (Fsp3) is 0.217. The highest BCUT2D eigenvalue weighted by Gasteiger charge is 2.02. The maximum Gasteiger partial charge on any atom is 0.120 e. The van der Waals surface area contributed by atoms with Crippen LogP contribution in [-0.2, 0) is 6.42 Å². The third-order valence-corrected chi connectivity index (χ3v) is 4.22. The smallest absolute Gasteiger partial charge is 0.120 e. The molecule has 0 aliphatic heterocycles. The second-order valence-corrected chi connectivity index (χ2v) is 6.05.